The highest BCUT2D eigenvalue weighted by atomic mass is 16.3. The molecule has 47 heavy (non-hydrogen) atoms. The first-order valence-electron chi connectivity index (χ1n) is 15.8. The molecule has 0 fully saturated rings. The lowest BCUT2D eigenvalue weighted by Crippen LogP contribution is -2.03. The zero-order valence-electron chi connectivity index (χ0n) is 24.8. The highest BCUT2D eigenvalue weighted by molar-refractivity contribution is 6.43. The first kappa shape index (κ1) is 23.9. The maximum atomic E-state index is 6.94. The Morgan fingerprint density at radius 1 is 0.447 bits per heavy atom. The molecule has 5 nitrogen and oxygen atoms in total. The van der Waals surface area contributed by atoms with Gasteiger partial charge in [0.1, 0.15) is 22.3 Å². The van der Waals surface area contributed by atoms with Gasteiger partial charge >= 0.3 is 0 Å². The van der Waals surface area contributed by atoms with E-state index in [2.05, 4.69) is 120 Å². The van der Waals surface area contributed by atoms with Crippen LogP contribution in [-0.4, -0.2) is 14.5 Å². The van der Waals surface area contributed by atoms with E-state index in [4.69, 9.17) is 18.8 Å². The molecule has 0 N–H and O–H groups in total. The quantitative estimate of drug-likeness (QED) is 0.198. The fraction of sp³-hybridized carbons (Fsp3) is 0. The van der Waals surface area contributed by atoms with Gasteiger partial charge in [-0.15, -0.1) is 0 Å². The third kappa shape index (κ3) is 2.82. The minimum Gasteiger partial charge on any atom is -0.456 e. The average Bonchev–Trinajstić information content (AvgIpc) is 3.78. The molecule has 1 aliphatic rings. The van der Waals surface area contributed by atoms with E-state index in [1.807, 2.05) is 12.1 Å². The second kappa shape index (κ2) is 8.22. The van der Waals surface area contributed by atoms with Gasteiger partial charge in [0.25, 0.3) is 0 Å². The second-order valence-corrected chi connectivity index (χ2v) is 12.5. The zero-order valence-corrected chi connectivity index (χ0v) is 24.8. The Morgan fingerprint density at radius 3 is 2.00 bits per heavy atom. The van der Waals surface area contributed by atoms with E-state index in [1.54, 1.807) is 0 Å². The van der Waals surface area contributed by atoms with Crippen molar-refractivity contribution in [2.75, 3.05) is 0 Å². The lowest BCUT2D eigenvalue weighted by Gasteiger charge is -2.13. The molecular weight excluding hydrogens is 578 g/mol. The first-order chi connectivity index (χ1) is 23.3. The van der Waals surface area contributed by atoms with Crippen LogP contribution in [-0.2, 0) is 0 Å². The number of fused-ring (bicyclic) bond motifs is 7. The lowest BCUT2D eigenvalue weighted by molar-refractivity contribution is 0.669. The highest BCUT2D eigenvalue weighted by Crippen LogP contribution is 2.53. The number of para-hydroxylation sites is 2. The Bertz CT molecular complexity index is 3180. The number of furan rings is 2. The van der Waals surface area contributed by atoms with Crippen LogP contribution in [0.2, 0.25) is 0 Å². The van der Waals surface area contributed by atoms with Crippen LogP contribution in [0.4, 0.5) is 0 Å². The van der Waals surface area contributed by atoms with Crippen LogP contribution in [0.3, 0.4) is 0 Å². The number of rotatable bonds is 2. The molecule has 0 radical (unpaired) electrons. The van der Waals surface area contributed by atoms with Crippen molar-refractivity contribution in [3.05, 3.63) is 127 Å². The van der Waals surface area contributed by atoms with Crippen molar-refractivity contribution in [1.29, 1.82) is 0 Å². The van der Waals surface area contributed by atoms with Gasteiger partial charge in [-0.2, -0.15) is 0 Å². The van der Waals surface area contributed by atoms with Crippen molar-refractivity contribution < 1.29 is 8.83 Å². The molecule has 1 aliphatic carbocycles. The first-order valence-corrected chi connectivity index (χ1v) is 15.8. The molecule has 0 saturated heterocycles. The lowest BCUT2D eigenvalue weighted by atomic mass is 9.97. The number of hydrogen-bond donors (Lipinski definition) is 0. The molecule has 0 bridgehead atoms. The second-order valence-electron chi connectivity index (χ2n) is 12.5. The Kier molecular flexibility index (Phi) is 4.17. The normalized spacial score (nSPS) is 12.7. The highest BCUT2D eigenvalue weighted by Gasteiger charge is 2.30. The van der Waals surface area contributed by atoms with Crippen molar-refractivity contribution >= 4 is 87.4 Å². The fourth-order valence-corrected chi connectivity index (χ4v) is 8.29. The molecule has 7 aromatic carbocycles. The van der Waals surface area contributed by atoms with Crippen LogP contribution in [0.5, 0.6) is 0 Å². The maximum absolute atomic E-state index is 6.94. The summed E-state index contributed by atoms with van der Waals surface area (Å²) in [5, 5.41) is 10.00. The topological polar surface area (TPSA) is 57.0 Å². The van der Waals surface area contributed by atoms with Gasteiger partial charge in [-0.3, -0.25) is 4.57 Å². The Balaban J connectivity index is 1.37. The van der Waals surface area contributed by atoms with Gasteiger partial charge in [-0.25, -0.2) is 9.97 Å². The zero-order chi connectivity index (χ0) is 30.4. The van der Waals surface area contributed by atoms with Crippen molar-refractivity contribution in [3.63, 3.8) is 0 Å². The summed E-state index contributed by atoms with van der Waals surface area (Å²) in [5.74, 6) is 0.624. The molecule has 0 spiro atoms. The van der Waals surface area contributed by atoms with Gasteiger partial charge in [0.05, 0.1) is 27.6 Å². The summed E-state index contributed by atoms with van der Waals surface area (Å²) >= 11 is 0. The van der Waals surface area contributed by atoms with Crippen molar-refractivity contribution in [2.45, 2.75) is 0 Å². The van der Waals surface area contributed by atoms with Crippen molar-refractivity contribution in [2.24, 2.45) is 0 Å². The number of nitrogens with zero attached hydrogens (tertiary/aromatic N) is 3. The molecule has 4 heterocycles. The standard InChI is InChI=1S/C42H21N3O2/c1-2-10-22(11-3-1)39-25-12-4-6-16-28(25)43-42(44-39)45-29-17-7-5-13-26(29)36-40(45)27-20-21-32-37-33-23(14-8-18-30(33)46-32)24-15-9-19-31-34(24)38(35(27)37)41(36)47-31/h1-21H. The van der Waals surface area contributed by atoms with Gasteiger partial charge < -0.3 is 8.83 Å². The monoisotopic (exact) mass is 599 g/mol. The van der Waals surface area contributed by atoms with Crippen LogP contribution in [0.25, 0.3) is 116 Å². The molecule has 11 aromatic rings. The average molecular weight is 600 g/mol. The van der Waals surface area contributed by atoms with Crippen molar-refractivity contribution in [1.82, 2.24) is 14.5 Å². The summed E-state index contributed by atoms with van der Waals surface area (Å²) in [4.78, 5) is 10.6. The minimum absolute atomic E-state index is 0.624. The van der Waals surface area contributed by atoms with Crippen LogP contribution >= 0.6 is 0 Å². The Labute approximate surface area is 265 Å². The summed E-state index contributed by atoms with van der Waals surface area (Å²) in [5.41, 5.74) is 10.8. The van der Waals surface area contributed by atoms with Crippen LogP contribution in [0, 0.1) is 0 Å². The van der Waals surface area contributed by atoms with E-state index in [1.165, 1.54) is 11.1 Å². The molecule has 5 heteroatoms. The van der Waals surface area contributed by atoms with Crippen molar-refractivity contribution in [3.8, 4) is 28.3 Å². The predicted molar refractivity (Wildman–Crippen MR) is 190 cm³/mol. The van der Waals surface area contributed by atoms with E-state index in [-0.39, 0.29) is 0 Å². The molecule has 0 atom stereocenters. The van der Waals surface area contributed by atoms with Crippen LogP contribution in [0.15, 0.2) is 136 Å². The van der Waals surface area contributed by atoms with Gasteiger partial charge in [0.2, 0.25) is 5.95 Å². The number of hydrogen-bond acceptors (Lipinski definition) is 4. The summed E-state index contributed by atoms with van der Waals surface area (Å²) in [6, 6.07) is 44.3. The van der Waals surface area contributed by atoms with Gasteiger partial charge in [0, 0.05) is 48.7 Å². The molecular formula is C42H21N3O2. The van der Waals surface area contributed by atoms with Gasteiger partial charge in [-0.1, -0.05) is 91.0 Å². The summed E-state index contributed by atoms with van der Waals surface area (Å²) in [6.07, 6.45) is 0. The van der Waals surface area contributed by atoms with E-state index in [9.17, 15) is 0 Å². The summed E-state index contributed by atoms with van der Waals surface area (Å²) < 4.78 is 15.7. The Hall–Kier alpha value is -6.46. The molecule has 0 saturated carbocycles. The molecule has 4 aromatic heterocycles. The fourth-order valence-electron chi connectivity index (χ4n) is 8.29. The number of aromatic nitrogens is 3. The minimum atomic E-state index is 0.624. The predicted octanol–water partition coefficient (Wildman–Crippen LogP) is 11.3. The molecule has 0 unspecified atom stereocenters. The van der Waals surface area contributed by atoms with E-state index in [0.717, 1.165) is 98.6 Å². The van der Waals surface area contributed by atoms with E-state index in [0.29, 0.717) is 5.95 Å². The summed E-state index contributed by atoms with van der Waals surface area (Å²) in [7, 11) is 0. The summed E-state index contributed by atoms with van der Waals surface area (Å²) in [6.45, 7) is 0. The van der Waals surface area contributed by atoms with Crippen LogP contribution in [0.1, 0.15) is 0 Å². The van der Waals surface area contributed by atoms with Gasteiger partial charge in [0.15, 0.2) is 0 Å². The maximum Gasteiger partial charge on any atom is 0.235 e. The number of benzene rings is 7. The van der Waals surface area contributed by atoms with Crippen LogP contribution < -0.4 is 0 Å². The molecule has 0 aliphatic heterocycles. The Morgan fingerprint density at radius 2 is 1.15 bits per heavy atom. The smallest absolute Gasteiger partial charge is 0.235 e. The van der Waals surface area contributed by atoms with Gasteiger partial charge in [-0.05, 0) is 47.5 Å². The molecule has 0 amide bonds. The third-order valence-corrected chi connectivity index (χ3v) is 10.1. The largest absolute Gasteiger partial charge is 0.456 e. The molecule has 216 valence electrons. The van der Waals surface area contributed by atoms with E-state index < -0.39 is 0 Å². The third-order valence-electron chi connectivity index (χ3n) is 10.1. The molecule has 12 rings (SSSR count). The SMILES string of the molecule is c1ccc(-c2nc(-n3c4ccccc4c4c5oc6cccc7c6c5c5c(ccc6oc8cccc-7c8c65)c43)nc3ccccc23)cc1. The van der Waals surface area contributed by atoms with E-state index >= 15 is 0 Å².